The quantitative estimate of drug-likeness (QED) is 0.628. The molecular weight excluding hydrogens is 405 g/mol. The molecular formula is C18H15BrFN3OS. The number of halogens is 2. The molecule has 4 nitrogen and oxygen atoms in total. The number of para-hydroxylation sites is 1. The summed E-state index contributed by atoms with van der Waals surface area (Å²) in [4.78, 5) is 19.7. The largest absolute Gasteiger partial charge is 0.337 e. The first kappa shape index (κ1) is 17.6. The van der Waals surface area contributed by atoms with E-state index < -0.39 is 5.82 Å². The lowest BCUT2D eigenvalue weighted by atomic mass is 10.2. The van der Waals surface area contributed by atoms with Crippen molar-refractivity contribution in [2.75, 3.05) is 12.4 Å². The SMILES string of the molecule is CN(Cc1ccc(Br)s1)C(=O)c1cccnc1Nc1ccccc1F. The van der Waals surface area contributed by atoms with Crippen molar-refractivity contribution < 1.29 is 9.18 Å². The Morgan fingerprint density at radius 2 is 2.04 bits per heavy atom. The zero-order valence-electron chi connectivity index (χ0n) is 13.4. The molecule has 0 saturated carbocycles. The molecule has 1 N–H and O–H groups in total. The predicted molar refractivity (Wildman–Crippen MR) is 102 cm³/mol. The summed E-state index contributed by atoms with van der Waals surface area (Å²) < 4.78 is 14.9. The van der Waals surface area contributed by atoms with Gasteiger partial charge in [0.2, 0.25) is 0 Å². The highest BCUT2D eigenvalue weighted by Crippen LogP contribution is 2.25. The number of anilines is 2. The molecule has 3 rings (SSSR count). The number of nitrogens with one attached hydrogen (secondary N) is 1. The predicted octanol–water partition coefficient (Wildman–Crippen LogP) is 5.06. The number of thiophene rings is 1. The third-order valence-electron chi connectivity index (χ3n) is 3.53. The van der Waals surface area contributed by atoms with Gasteiger partial charge < -0.3 is 10.2 Å². The van der Waals surface area contributed by atoms with Crippen LogP contribution in [0.2, 0.25) is 0 Å². The van der Waals surface area contributed by atoms with Gasteiger partial charge in [0.25, 0.3) is 5.91 Å². The lowest BCUT2D eigenvalue weighted by molar-refractivity contribution is 0.0787. The molecule has 25 heavy (non-hydrogen) atoms. The van der Waals surface area contributed by atoms with E-state index in [9.17, 15) is 9.18 Å². The summed E-state index contributed by atoms with van der Waals surface area (Å²) in [7, 11) is 1.73. The van der Waals surface area contributed by atoms with E-state index in [0.717, 1.165) is 8.66 Å². The van der Waals surface area contributed by atoms with Crippen molar-refractivity contribution >= 4 is 44.7 Å². The fourth-order valence-corrected chi connectivity index (χ4v) is 3.85. The highest BCUT2D eigenvalue weighted by Gasteiger charge is 2.18. The number of carbonyl (C=O) groups excluding carboxylic acids is 1. The minimum Gasteiger partial charge on any atom is -0.337 e. The van der Waals surface area contributed by atoms with Gasteiger partial charge in [-0.25, -0.2) is 9.37 Å². The molecule has 1 amide bonds. The molecule has 2 heterocycles. The van der Waals surface area contributed by atoms with Crippen LogP contribution in [0.4, 0.5) is 15.9 Å². The van der Waals surface area contributed by atoms with Crippen molar-refractivity contribution in [3.63, 3.8) is 0 Å². The summed E-state index contributed by atoms with van der Waals surface area (Å²) in [6.07, 6.45) is 1.57. The number of nitrogens with zero attached hydrogens (tertiary/aromatic N) is 2. The van der Waals surface area contributed by atoms with E-state index in [1.54, 1.807) is 59.8 Å². The second-order valence-corrected chi connectivity index (χ2v) is 7.92. The summed E-state index contributed by atoms with van der Waals surface area (Å²) >= 11 is 5.00. The molecule has 0 unspecified atom stereocenters. The van der Waals surface area contributed by atoms with E-state index in [1.807, 2.05) is 12.1 Å². The fourth-order valence-electron chi connectivity index (χ4n) is 2.32. The molecule has 2 aromatic heterocycles. The second-order valence-electron chi connectivity index (χ2n) is 5.37. The minimum atomic E-state index is -0.400. The van der Waals surface area contributed by atoms with Crippen LogP contribution in [0, 0.1) is 5.82 Å². The smallest absolute Gasteiger partial charge is 0.257 e. The van der Waals surface area contributed by atoms with Gasteiger partial charge in [-0.3, -0.25) is 4.79 Å². The maximum absolute atomic E-state index is 13.9. The molecule has 3 aromatic rings. The van der Waals surface area contributed by atoms with Gasteiger partial charge in [0.1, 0.15) is 11.6 Å². The molecule has 128 valence electrons. The molecule has 0 fully saturated rings. The van der Waals surface area contributed by atoms with Crippen LogP contribution in [-0.2, 0) is 6.54 Å². The van der Waals surface area contributed by atoms with Crippen LogP contribution in [0.25, 0.3) is 0 Å². The van der Waals surface area contributed by atoms with Crippen LogP contribution in [0.3, 0.4) is 0 Å². The van der Waals surface area contributed by atoms with Gasteiger partial charge in [0.15, 0.2) is 0 Å². The molecule has 1 aromatic carbocycles. The Bertz CT molecular complexity index is 899. The van der Waals surface area contributed by atoms with Gasteiger partial charge in [0, 0.05) is 18.1 Å². The Balaban J connectivity index is 1.82. The van der Waals surface area contributed by atoms with E-state index in [4.69, 9.17) is 0 Å². The summed E-state index contributed by atoms with van der Waals surface area (Å²) in [5.74, 6) is -0.253. The Kier molecular flexibility index (Phi) is 5.45. The number of benzene rings is 1. The van der Waals surface area contributed by atoms with Crippen LogP contribution < -0.4 is 5.32 Å². The zero-order valence-corrected chi connectivity index (χ0v) is 15.8. The van der Waals surface area contributed by atoms with Crippen LogP contribution in [0.15, 0.2) is 58.5 Å². The van der Waals surface area contributed by atoms with Crippen molar-refractivity contribution in [1.82, 2.24) is 9.88 Å². The van der Waals surface area contributed by atoms with Gasteiger partial charge in [-0.2, -0.15) is 0 Å². The molecule has 0 saturated heterocycles. The number of hydrogen-bond donors (Lipinski definition) is 1. The first-order chi connectivity index (χ1) is 12.0. The van der Waals surface area contributed by atoms with Crippen molar-refractivity contribution in [3.05, 3.63) is 74.8 Å². The lowest BCUT2D eigenvalue weighted by Gasteiger charge is -2.18. The highest BCUT2D eigenvalue weighted by molar-refractivity contribution is 9.11. The third-order valence-corrected chi connectivity index (χ3v) is 5.14. The first-order valence-electron chi connectivity index (χ1n) is 7.51. The molecule has 0 atom stereocenters. The Hall–Kier alpha value is -2.25. The fraction of sp³-hybridized carbons (Fsp3) is 0.111. The van der Waals surface area contributed by atoms with Crippen molar-refractivity contribution in [1.29, 1.82) is 0 Å². The van der Waals surface area contributed by atoms with E-state index >= 15 is 0 Å². The summed E-state index contributed by atoms with van der Waals surface area (Å²) in [5.41, 5.74) is 0.670. The van der Waals surface area contributed by atoms with Crippen molar-refractivity contribution in [2.24, 2.45) is 0 Å². The lowest BCUT2D eigenvalue weighted by Crippen LogP contribution is -2.26. The van der Waals surface area contributed by atoms with Crippen LogP contribution in [0.1, 0.15) is 15.2 Å². The molecule has 7 heteroatoms. The summed E-state index contributed by atoms with van der Waals surface area (Å²) in [6.45, 7) is 0.489. The minimum absolute atomic E-state index is 0.184. The second kappa shape index (κ2) is 7.76. The molecule has 0 aliphatic rings. The highest BCUT2D eigenvalue weighted by atomic mass is 79.9. The van der Waals surface area contributed by atoms with Crippen molar-refractivity contribution in [2.45, 2.75) is 6.54 Å². The van der Waals surface area contributed by atoms with E-state index in [2.05, 4.69) is 26.2 Å². The first-order valence-corrected chi connectivity index (χ1v) is 9.12. The van der Waals surface area contributed by atoms with Gasteiger partial charge in [-0.15, -0.1) is 11.3 Å². The topological polar surface area (TPSA) is 45.2 Å². The van der Waals surface area contributed by atoms with Gasteiger partial charge in [-0.05, 0) is 52.3 Å². The number of aromatic nitrogens is 1. The van der Waals surface area contributed by atoms with Crippen LogP contribution in [0.5, 0.6) is 0 Å². The van der Waals surface area contributed by atoms with Gasteiger partial charge in [-0.1, -0.05) is 12.1 Å². The molecule has 0 bridgehead atoms. The van der Waals surface area contributed by atoms with Crippen LogP contribution in [-0.4, -0.2) is 22.8 Å². The Morgan fingerprint density at radius 1 is 1.24 bits per heavy atom. The Morgan fingerprint density at radius 3 is 2.76 bits per heavy atom. The number of pyridine rings is 1. The molecule has 0 aliphatic carbocycles. The monoisotopic (exact) mass is 419 g/mol. The number of carbonyl (C=O) groups is 1. The zero-order chi connectivity index (χ0) is 17.8. The summed E-state index contributed by atoms with van der Waals surface area (Å²) in [6, 6.07) is 13.6. The summed E-state index contributed by atoms with van der Waals surface area (Å²) in [5, 5.41) is 2.91. The van der Waals surface area contributed by atoms with Gasteiger partial charge >= 0.3 is 0 Å². The number of rotatable bonds is 5. The average Bonchev–Trinajstić information content (AvgIpc) is 3.01. The van der Waals surface area contributed by atoms with Crippen molar-refractivity contribution in [3.8, 4) is 0 Å². The molecule has 0 radical (unpaired) electrons. The normalized spacial score (nSPS) is 10.5. The van der Waals surface area contributed by atoms with Crippen LogP contribution >= 0.6 is 27.3 Å². The maximum atomic E-state index is 13.9. The van der Waals surface area contributed by atoms with E-state index in [1.165, 1.54) is 6.07 Å². The number of hydrogen-bond acceptors (Lipinski definition) is 4. The third kappa shape index (κ3) is 4.24. The Labute approximate surface area is 157 Å². The average molecular weight is 420 g/mol. The van der Waals surface area contributed by atoms with E-state index in [-0.39, 0.29) is 11.6 Å². The molecule has 0 spiro atoms. The molecule has 0 aliphatic heterocycles. The number of amides is 1. The maximum Gasteiger partial charge on any atom is 0.257 e. The standard InChI is InChI=1S/C18H15BrFN3OS/c1-23(11-12-8-9-16(19)25-12)18(24)13-5-4-10-21-17(13)22-15-7-3-2-6-14(15)20/h2-10H,11H2,1H3,(H,21,22). The van der Waals surface area contributed by atoms with E-state index in [0.29, 0.717) is 17.9 Å². The van der Waals surface area contributed by atoms with Gasteiger partial charge in [0.05, 0.1) is 21.6 Å².